The monoisotopic (exact) mass is 159 g/mol. The van der Waals surface area contributed by atoms with Gasteiger partial charge in [0, 0.05) is 12.4 Å². The number of aromatic nitrogens is 2. The van der Waals surface area contributed by atoms with Crippen LogP contribution in [0.1, 0.15) is 5.69 Å². The molecular formula is C9H7N2O. The molecule has 0 bridgehead atoms. The van der Waals surface area contributed by atoms with Gasteiger partial charge in [0.05, 0.1) is 5.52 Å². The zero-order valence-electron chi connectivity index (χ0n) is 6.61. The Balaban J connectivity index is 2.91. The molecule has 3 heteroatoms. The molecule has 0 aliphatic rings. The fourth-order valence-corrected chi connectivity index (χ4v) is 1.29. The summed E-state index contributed by atoms with van der Waals surface area (Å²) < 4.78 is 1.68. The van der Waals surface area contributed by atoms with Gasteiger partial charge in [-0.25, -0.2) is 0 Å². The van der Waals surface area contributed by atoms with Gasteiger partial charge < -0.3 is 0 Å². The van der Waals surface area contributed by atoms with Crippen molar-refractivity contribution in [3.8, 4) is 0 Å². The van der Waals surface area contributed by atoms with Crippen LogP contribution < -0.4 is 0 Å². The summed E-state index contributed by atoms with van der Waals surface area (Å²) in [6, 6.07) is 7.58. The molecular weight excluding hydrogens is 152 g/mol. The van der Waals surface area contributed by atoms with E-state index in [0.717, 1.165) is 10.9 Å². The highest BCUT2D eigenvalue weighted by Crippen LogP contribution is 2.14. The minimum absolute atomic E-state index is 0.383. The van der Waals surface area contributed by atoms with Crippen LogP contribution in [0.15, 0.2) is 24.3 Å². The molecule has 0 spiro atoms. The first-order valence-electron chi connectivity index (χ1n) is 3.63. The second-order valence-electron chi connectivity index (χ2n) is 2.59. The summed E-state index contributed by atoms with van der Waals surface area (Å²) >= 11 is 0. The Morgan fingerprint density at radius 2 is 2.17 bits per heavy atom. The van der Waals surface area contributed by atoms with Crippen LogP contribution in [0.3, 0.4) is 0 Å². The van der Waals surface area contributed by atoms with Crippen molar-refractivity contribution in [3.05, 3.63) is 30.0 Å². The first-order valence-corrected chi connectivity index (χ1v) is 3.63. The summed E-state index contributed by atoms with van der Waals surface area (Å²) in [5.74, 6) is 0. The summed E-state index contributed by atoms with van der Waals surface area (Å²) in [6.45, 7) is 0. The lowest BCUT2D eigenvalue weighted by Crippen LogP contribution is -1.90. The number of benzene rings is 1. The number of rotatable bonds is 1. The standard InChI is InChI=1S/C9H7N2O/c1-11-9-5-3-2-4-7(9)8(6-12)10-11/h2-5H,1H3. The Labute approximate surface area is 69.6 Å². The largest absolute Gasteiger partial charge is 0.283 e. The summed E-state index contributed by atoms with van der Waals surface area (Å²) in [5.41, 5.74) is 1.34. The fraction of sp³-hybridized carbons (Fsp3) is 0.111. The predicted octanol–water partition coefficient (Wildman–Crippen LogP) is 1.03. The van der Waals surface area contributed by atoms with Gasteiger partial charge in [0.25, 0.3) is 6.29 Å². The van der Waals surface area contributed by atoms with E-state index >= 15 is 0 Å². The van der Waals surface area contributed by atoms with Crippen LogP contribution in [0.2, 0.25) is 0 Å². The molecule has 1 aromatic carbocycles. The molecule has 2 aromatic rings. The number of fused-ring (bicyclic) bond motifs is 1. The zero-order chi connectivity index (χ0) is 8.55. The molecule has 2 rings (SSSR count). The first-order chi connectivity index (χ1) is 5.83. The van der Waals surface area contributed by atoms with E-state index in [0.29, 0.717) is 5.69 Å². The Morgan fingerprint density at radius 3 is 2.92 bits per heavy atom. The predicted molar refractivity (Wildman–Crippen MR) is 45.5 cm³/mol. The number of nitrogens with zero attached hydrogens (tertiary/aromatic N) is 2. The van der Waals surface area contributed by atoms with E-state index < -0.39 is 0 Å². The Bertz CT molecular complexity index is 431. The maximum absolute atomic E-state index is 10.4. The van der Waals surface area contributed by atoms with Crippen molar-refractivity contribution in [3.63, 3.8) is 0 Å². The minimum atomic E-state index is 0.383. The minimum Gasteiger partial charge on any atom is -0.283 e. The molecule has 59 valence electrons. The van der Waals surface area contributed by atoms with Crippen LogP contribution in [0, 0.1) is 0 Å². The molecule has 3 nitrogen and oxygen atoms in total. The van der Waals surface area contributed by atoms with Crippen molar-refractivity contribution in [2.45, 2.75) is 0 Å². The van der Waals surface area contributed by atoms with Gasteiger partial charge in [0.15, 0.2) is 0 Å². The third kappa shape index (κ3) is 0.830. The van der Waals surface area contributed by atoms with Gasteiger partial charge in [-0.3, -0.25) is 9.48 Å². The molecule has 0 aliphatic carbocycles. The van der Waals surface area contributed by atoms with E-state index in [4.69, 9.17) is 0 Å². The molecule has 1 aromatic heterocycles. The quantitative estimate of drug-likeness (QED) is 0.623. The van der Waals surface area contributed by atoms with E-state index in [-0.39, 0.29) is 0 Å². The van der Waals surface area contributed by atoms with Crippen molar-refractivity contribution in [2.24, 2.45) is 7.05 Å². The summed E-state index contributed by atoms with van der Waals surface area (Å²) in [7, 11) is 1.81. The lowest BCUT2D eigenvalue weighted by Gasteiger charge is -1.89. The SMILES string of the molecule is Cn1nc([C]=O)c2ccccc21. The molecule has 0 fully saturated rings. The number of aryl methyl sites for hydroxylation is 1. The van der Waals surface area contributed by atoms with Crippen molar-refractivity contribution in [2.75, 3.05) is 0 Å². The average molecular weight is 159 g/mol. The van der Waals surface area contributed by atoms with Crippen LogP contribution in [-0.2, 0) is 11.8 Å². The molecule has 0 N–H and O–H groups in total. The average Bonchev–Trinajstić information content (AvgIpc) is 2.44. The second-order valence-corrected chi connectivity index (χ2v) is 2.59. The van der Waals surface area contributed by atoms with Gasteiger partial charge >= 0.3 is 0 Å². The van der Waals surface area contributed by atoms with E-state index in [2.05, 4.69) is 5.10 Å². The molecule has 1 heterocycles. The molecule has 0 aliphatic heterocycles. The van der Waals surface area contributed by atoms with Crippen molar-refractivity contribution in [1.82, 2.24) is 9.78 Å². The molecule has 0 atom stereocenters. The molecule has 1 radical (unpaired) electrons. The summed E-state index contributed by atoms with van der Waals surface area (Å²) in [5, 5.41) is 4.86. The molecule has 12 heavy (non-hydrogen) atoms. The Kier molecular flexibility index (Phi) is 1.43. The highest BCUT2D eigenvalue weighted by Gasteiger charge is 2.05. The van der Waals surface area contributed by atoms with E-state index in [9.17, 15) is 4.79 Å². The van der Waals surface area contributed by atoms with Gasteiger partial charge in [-0.05, 0) is 6.07 Å². The smallest absolute Gasteiger partial charge is 0.256 e. The molecule has 0 saturated carbocycles. The topological polar surface area (TPSA) is 34.9 Å². The van der Waals surface area contributed by atoms with Gasteiger partial charge in [0.1, 0.15) is 5.69 Å². The van der Waals surface area contributed by atoms with Crippen LogP contribution in [0.5, 0.6) is 0 Å². The lowest BCUT2D eigenvalue weighted by molar-refractivity contribution is 0.561. The van der Waals surface area contributed by atoms with Gasteiger partial charge in [-0.2, -0.15) is 5.10 Å². The van der Waals surface area contributed by atoms with Crippen LogP contribution >= 0.6 is 0 Å². The van der Waals surface area contributed by atoms with E-state index in [1.165, 1.54) is 0 Å². The van der Waals surface area contributed by atoms with E-state index in [1.54, 1.807) is 4.68 Å². The van der Waals surface area contributed by atoms with E-state index in [1.807, 2.05) is 37.6 Å². The Morgan fingerprint density at radius 1 is 1.42 bits per heavy atom. The maximum atomic E-state index is 10.4. The third-order valence-corrected chi connectivity index (χ3v) is 1.85. The van der Waals surface area contributed by atoms with Gasteiger partial charge in [0.2, 0.25) is 0 Å². The first kappa shape index (κ1) is 7.03. The van der Waals surface area contributed by atoms with Crippen LogP contribution in [0.4, 0.5) is 0 Å². The number of para-hydroxylation sites is 1. The third-order valence-electron chi connectivity index (χ3n) is 1.85. The highest BCUT2D eigenvalue weighted by atomic mass is 16.1. The summed E-state index contributed by atoms with van der Waals surface area (Å²) in [6.07, 6.45) is 1.81. The fourth-order valence-electron chi connectivity index (χ4n) is 1.29. The lowest BCUT2D eigenvalue weighted by atomic mass is 10.2. The number of hydrogen-bond acceptors (Lipinski definition) is 2. The van der Waals surface area contributed by atoms with Crippen molar-refractivity contribution < 1.29 is 4.79 Å². The highest BCUT2D eigenvalue weighted by molar-refractivity contribution is 5.95. The van der Waals surface area contributed by atoms with Crippen molar-refractivity contribution in [1.29, 1.82) is 0 Å². The van der Waals surface area contributed by atoms with Gasteiger partial charge in [-0.15, -0.1) is 0 Å². The second kappa shape index (κ2) is 2.44. The molecule has 0 saturated heterocycles. The number of hydrogen-bond donors (Lipinski definition) is 0. The van der Waals surface area contributed by atoms with Crippen LogP contribution in [-0.4, -0.2) is 16.1 Å². The Hall–Kier alpha value is -1.64. The maximum Gasteiger partial charge on any atom is 0.256 e. The van der Waals surface area contributed by atoms with Gasteiger partial charge in [-0.1, -0.05) is 18.2 Å². The molecule has 0 amide bonds. The number of carbonyl (C=O) groups excluding carboxylic acids is 1. The van der Waals surface area contributed by atoms with Crippen LogP contribution in [0.25, 0.3) is 10.9 Å². The molecule has 0 unspecified atom stereocenters. The van der Waals surface area contributed by atoms with Crippen molar-refractivity contribution >= 4 is 17.2 Å². The normalized spacial score (nSPS) is 10.4. The summed E-state index contributed by atoms with van der Waals surface area (Å²) in [4.78, 5) is 10.4. The zero-order valence-corrected chi connectivity index (χ0v) is 6.61.